The first kappa shape index (κ1) is 22.3. The number of hydrogen-bond acceptors (Lipinski definition) is 4. The van der Waals surface area contributed by atoms with Crippen molar-refractivity contribution in [2.24, 2.45) is 11.8 Å². The number of benzene rings is 2. The van der Waals surface area contributed by atoms with Crippen LogP contribution in [0.1, 0.15) is 49.6 Å². The smallest absolute Gasteiger partial charge is 0.226 e. The van der Waals surface area contributed by atoms with Crippen LogP contribution in [0.5, 0.6) is 0 Å². The minimum Gasteiger partial charge on any atom is -0.339 e. The minimum atomic E-state index is 0.462. The highest BCUT2D eigenvalue weighted by molar-refractivity contribution is 6.43. The van der Waals surface area contributed by atoms with Crippen molar-refractivity contribution < 1.29 is 4.52 Å². The largest absolute Gasteiger partial charge is 0.339 e. The molecule has 0 amide bonds. The molecule has 3 aromatic rings. The van der Waals surface area contributed by atoms with Crippen LogP contribution in [0.2, 0.25) is 10.0 Å². The van der Waals surface area contributed by atoms with Crippen molar-refractivity contribution in [3.63, 3.8) is 0 Å². The highest BCUT2D eigenvalue weighted by Crippen LogP contribution is 2.40. The number of rotatable bonds is 7. The molecule has 0 aliphatic heterocycles. The van der Waals surface area contributed by atoms with E-state index in [0.29, 0.717) is 45.2 Å². The van der Waals surface area contributed by atoms with E-state index in [1.165, 1.54) is 31.2 Å². The molecule has 4 rings (SSSR count). The topological polar surface area (TPSA) is 42.2 Å². The standard InChI is InChI=1S/C25H29Cl2N3O/c1-30(2)24(18-7-4-3-5-8-18)19-14-11-17(12-15-19)13-16-22-28-25(29-31-22)20-9-6-10-21(26)23(20)27/h3-10,17,19,24H,11-16H2,1-2H3. The van der Waals surface area contributed by atoms with Gasteiger partial charge in [-0.15, -0.1) is 0 Å². The second kappa shape index (κ2) is 10.2. The van der Waals surface area contributed by atoms with Crippen molar-refractivity contribution in [1.29, 1.82) is 0 Å². The Bertz CT molecular complexity index is 981. The molecule has 0 spiro atoms. The molecule has 1 fully saturated rings. The number of halogens is 2. The molecule has 4 nitrogen and oxygen atoms in total. The van der Waals surface area contributed by atoms with E-state index in [0.717, 1.165) is 12.8 Å². The zero-order valence-corrected chi connectivity index (χ0v) is 19.6. The first-order valence-electron chi connectivity index (χ1n) is 11.0. The van der Waals surface area contributed by atoms with Crippen LogP contribution in [-0.2, 0) is 6.42 Å². The molecule has 1 aliphatic carbocycles. The fourth-order valence-corrected chi connectivity index (χ4v) is 5.29. The van der Waals surface area contributed by atoms with Crippen molar-refractivity contribution >= 4 is 23.2 Å². The molecule has 31 heavy (non-hydrogen) atoms. The highest BCUT2D eigenvalue weighted by atomic mass is 35.5. The average molecular weight is 458 g/mol. The number of aryl methyl sites for hydroxylation is 1. The van der Waals surface area contributed by atoms with Gasteiger partial charge in [-0.05, 0) is 62.9 Å². The zero-order chi connectivity index (χ0) is 21.8. The molecular weight excluding hydrogens is 429 g/mol. The van der Waals surface area contributed by atoms with Gasteiger partial charge in [-0.2, -0.15) is 4.98 Å². The Hall–Kier alpha value is -1.88. The summed E-state index contributed by atoms with van der Waals surface area (Å²) in [5.41, 5.74) is 2.13. The van der Waals surface area contributed by atoms with Crippen molar-refractivity contribution in [2.75, 3.05) is 14.1 Å². The van der Waals surface area contributed by atoms with Gasteiger partial charge in [0.1, 0.15) is 0 Å². The monoisotopic (exact) mass is 457 g/mol. The lowest BCUT2D eigenvalue weighted by molar-refractivity contribution is 0.145. The van der Waals surface area contributed by atoms with E-state index in [2.05, 4.69) is 59.5 Å². The van der Waals surface area contributed by atoms with Gasteiger partial charge in [-0.1, -0.05) is 77.6 Å². The van der Waals surface area contributed by atoms with E-state index in [1.54, 1.807) is 6.07 Å². The lowest BCUT2D eigenvalue weighted by Gasteiger charge is -2.37. The first-order chi connectivity index (χ1) is 15.0. The maximum Gasteiger partial charge on any atom is 0.226 e. The van der Waals surface area contributed by atoms with Gasteiger partial charge in [0, 0.05) is 18.0 Å². The molecule has 0 bridgehead atoms. The fourth-order valence-electron chi connectivity index (χ4n) is 4.90. The Morgan fingerprint density at radius 3 is 2.45 bits per heavy atom. The van der Waals surface area contributed by atoms with Crippen molar-refractivity contribution in [2.45, 2.75) is 44.6 Å². The molecule has 164 valence electrons. The van der Waals surface area contributed by atoms with Crippen molar-refractivity contribution in [3.8, 4) is 11.4 Å². The van der Waals surface area contributed by atoms with Crippen LogP contribution in [-0.4, -0.2) is 29.1 Å². The predicted octanol–water partition coefficient (Wildman–Crippen LogP) is 7.09. The third kappa shape index (κ3) is 5.31. The molecule has 6 heteroatoms. The van der Waals surface area contributed by atoms with Crippen LogP contribution in [0.4, 0.5) is 0 Å². The van der Waals surface area contributed by atoms with Gasteiger partial charge in [0.25, 0.3) is 0 Å². The van der Waals surface area contributed by atoms with Gasteiger partial charge in [-0.3, -0.25) is 0 Å². The quantitative estimate of drug-likeness (QED) is 0.379. The summed E-state index contributed by atoms with van der Waals surface area (Å²) in [6.07, 6.45) is 6.91. The Kier molecular flexibility index (Phi) is 7.31. The average Bonchev–Trinajstić information content (AvgIpc) is 3.24. The van der Waals surface area contributed by atoms with Crippen molar-refractivity contribution in [3.05, 3.63) is 70.0 Å². The summed E-state index contributed by atoms with van der Waals surface area (Å²) in [7, 11) is 4.40. The molecule has 0 radical (unpaired) electrons. The van der Waals surface area contributed by atoms with E-state index >= 15 is 0 Å². The Balaban J connectivity index is 1.32. The molecular formula is C25H29Cl2N3O. The zero-order valence-electron chi connectivity index (χ0n) is 18.1. The molecule has 0 N–H and O–H groups in total. The summed E-state index contributed by atoms with van der Waals surface area (Å²) in [6.45, 7) is 0. The molecule has 0 saturated heterocycles. The minimum absolute atomic E-state index is 0.462. The molecule has 1 aliphatic rings. The summed E-state index contributed by atoms with van der Waals surface area (Å²) in [5.74, 6) is 2.58. The molecule has 1 aromatic heterocycles. The van der Waals surface area contributed by atoms with E-state index in [1.807, 2.05) is 12.1 Å². The van der Waals surface area contributed by atoms with E-state index in [-0.39, 0.29) is 0 Å². The van der Waals surface area contributed by atoms with E-state index in [9.17, 15) is 0 Å². The maximum absolute atomic E-state index is 6.28. The Morgan fingerprint density at radius 1 is 1.00 bits per heavy atom. The normalized spacial score (nSPS) is 20.2. The van der Waals surface area contributed by atoms with Gasteiger partial charge >= 0.3 is 0 Å². The van der Waals surface area contributed by atoms with Gasteiger partial charge < -0.3 is 9.42 Å². The molecule has 1 saturated carbocycles. The highest BCUT2D eigenvalue weighted by Gasteiger charge is 2.30. The predicted molar refractivity (Wildman–Crippen MR) is 126 cm³/mol. The second-order valence-corrected chi connectivity index (χ2v) is 9.54. The van der Waals surface area contributed by atoms with Gasteiger partial charge in [0.2, 0.25) is 11.7 Å². The first-order valence-corrected chi connectivity index (χ1v) is 11.8. The Morgan fingerprint density at radius 2 is 1.74 bits per heavy atom. The van der Waals surface area contributed by atoms with Crippen LogP contribution < -0.4 is 0 Å². The van der Waals surface area contributed by atoms with Gasteiger partial charge in [0.15, 0.2) is 0 Å². The third-order valence-corrected chi connectivity index (χ3v) is 7.28. The second-order valence-electron chi connectivity index (χ2n) is 8.75. The van der Waals surface area contributed by atoms with Crippen molar-refractivity contribution in [1.82, 2.24) is 15.0 Å². The van der Waals surface area contributed by atoms with Crippen LogP contribution in [0.3, 0.4) is 0 Å². The van der Waals surface area contributed by atoms with Gasteiger partial charge in [0.05, 0.1) is 10.0 Å². The molecule has 1 atom stereocenters. The summed E-state index contributed by atoms with van der Waals surface area (Å²) in [6, 6.07) is 16.8. The van der Waals surface area contributed by atoms with Crippen LogP contribution in [0.15, 0.2) is 53.1 Å². The SMILES string of the molecule is CN(C)C(c1ccccc1)C1CCC(CCc2nc(-c3cccc(Cl)c3Cl)no2)CC1. The fraction of sp³-hybridized carbons (Fsp3) is 0.440. The van der Waals surface area contributed by atoms with E-state index in [4.69, 9.17) is 27.7 Å². The number of nitrogens with zero attached hydrogens (tertiary/aromatic N) is 3. The third-order valence-electron chi connectivity index (χ3n) is 6.46. The van der Waals surface area contributed by atoms with Crippen LogP contribution in [0.25, 0.3) is 11.4 Å². The summed E-state index contributed by atoms with van der Waals surface area (Å²) in [5, 5.41) is 5.06. The lowest BCUT2D eigenvalue weighted by Crippen LogP contribution is -2.30. The molecule has 1 heterocycles. The maximum atomic E-state index is 6.28. The summed E-state index contributed by atoms with van der Waals surface area (Å²) in [4.78, 5) is 6.92. The number of hydrogen-bond donors (Lipinski definition) is 0. The Labute approximate surface area is 194 Å². The number of aromatic nitrogens is 2. The van der Waals surface area contributed by atoms with Gasteiger partial charge in [-0.25, -0.2) is 0 Å². The summed E-state index contributed by atoms with van der Waals surface area (Å²) < 4.78 is 5.48. The van der Waals surface area contributed by atoms with E-state index < -0.39 is 0 Å². The van der Waals surface area contributed by atoms with Crippen LogP contribution >= 0.6 is 23.2 Å². The lowest BCUT2D eigenvalue weighted by atomic mass is 9.75. The van der Waals surface area contributed by atoms with Crippen LogP contribution in [0, 0.1) is 11.8 Å². The molecule has 1 unspecified atom stereocenters. The summed E-state index contributed by atoms with van der Waals surface area (Å²) >= 11 is 12.4. The molecule has 2 aromatic carbocycles.